The van der Waals surface area contributed by atoms with Crippen LogP contribution < -0.4 is 10.6 Å². The summed E-state index contributed by atoms with van der Waals surface area (Å²) < 4.78 is 26.9. The first-order valence-corrected chi connectivity index (χ1v) is 10.3. The lowest BCUT2D eigenvalue weighted by Crippen LogP contribution is -2.34. The molecule has 0 bridgehead atoms. The Balaban J connectivity index is 1.54. The Kier molecular flexibility index (Phi) is 5.58. The Morgan fingerprint density at radius 1 is 1.15 bits per heavy atom. The summed E-state index contributed by atoms with van der Waals surface area (Å²) in [5.41, 5.74) is 2.58. The third kappa shape index (κ3) is 4.83. The molecule has 0 atom stereocenters. The molecule has 2 N–H and O–H groups in total. The maximum atomic E-state index is 11.9. The molecule has 0 aliphatic carbocycles. The summed E-state index contributed by atoms with van der Waals surface area (Å²) in [5.74, 6) is 0. The minimum atomic E-state index is -3.23. The van der Waals surface area contributed by atoms with E-state index in [1.165, 1.54) is 10.6 Å². The first kappa shape index (κ1) is 18.4. The smallest absolute Gasteiger partial charge is 0.315 e. The lowest BCUT2D eigenvalue weighted by molar-refractivity contribution is 0.240. The molecule has 0 unspecified atom stereocenters. The molecule has 0 radical (unpaired) electrons. The number of carbonyl (C=O) groups is 1. The second-order valence-electron chi connectivity index (χ2n) is 6.32. The summed E-state index contributed by atoms with van der Waals surface area (Å²) in [4.78, 5) is 11.9. The summed E-state index contributed by atoms with van der Waals surface area (Å²) in [6, 6.07) is 11.2. The number of hydrogen-bond donors (Lipinski definition) is 2. The highest BCUT2D eigenvalue weighted by atomic mass is 32.2. The van der Waals surface area contributed by atoms with Gasteiger partial charge in [0.05, 0.1) is 30.7 Å². The molecule has 26 heavy (non-hydrogen) atoms. The third-order valence-electron chi connectivity index (χ3n) is 4.22. The van der Waals surface area contributed by atoms with E-state index >= 15 is 0 Å². The second-order valence-corrected chi connectivity index (χ2v) is 8.30. The lowest BCUT2D eigenvalue weighted by Gasteiger charge is -2.16. The number of benzene rings is 1. The molecule has 2 heterocycles. The van der Waals surface area contributed by atoms with Gasteiger partial charge in [-0.25, -0.2) is 13.2 Å². The van der Waals surface area contributed by atoms with Gasteiger partial charge in [0.2, 0.25) is 10.0 Å². The molecule has 1 aliphatic rings. The van der Waals surface area contributed by atoms with Gasteiger partial charge in [-0.3, -0.25) is 4.68 Å². The average molecular weight is 377 g/mol. The minimum Gasteiger partial charge on any atom is -0.334 e. The van der Waals surface area contributed by atoms with Gasteiger partial charge in [-0.1, -0.05) is 30.3 Å². The molecule has 1 aromatic heterocycles. The number of aromatic nitrogens is 2. The highest BCUT2D eigenvalue weighted by Gasteiger charge is 2.22. The number of sulfonamides is 1. The van der Waals surface area contributed by atoms with Crippen LogP contribution in [0, 0.1) is 0 Å². The Hall–Kier alpha value is -2.39. The molecule has 0 saturated heterocycles. The van der Waals surface area contributed by atoms with Crippen molar-refractivity contribution in [2.24, 2.45) is 0 Å². The molecule has 0 spiro atoms. The fourth-order valence-corrected chi connectivity index (χ4v) is 3.70. The molecule has 0 fully saturated rings. The van der Waals surface area contributed by atoms with Crippen molar-refractivity contribution in [2.45, 2.75) is 32.6 Å². The standard InChI is InChI=1S/C17H23N5O3S/c1-26(24,25)21-8-5-9-22-16(13-21)10-15(20-22)12-19-17(23)18-11-14-6-3-2-4-7-14/h2-4,6-7,10H,5,8-9,11-13H2,1H3,(H2,18,19,23). The second kappa shape index (κ2) is 7.88. The highest BCUT2D eigenvalue weighted by molar-refractivity contribution is 7.88. The Bertz CT molecular complexity index is 864. The van der Waals surface area contributed by atoms with E-state index in [9.17, 15) is 13.2 Å². The van der Waals surface area contributed by atoms with Crippen LogP contribution in [0.5, 0.6) is 0 Å². The molecule has 3 rings (SSSR count). The van der Waals surface area contributed by atoms with Gasteiger partial charge < -0.3 is 10.6 Å². The van der Waals surface area contributed by atoms with Crippen molar-refractivity contribution in [1.29, 1.82) is 0 Å². The van der Waals surface area contributed by atoms with Crippen molar-refractivity contribution in [3.05, 3.63) is 53.3 Å². The fourth-order valence-electron chi connectivity index (χ4n) is 2.87. The van der Waals surface area contributed by atoms with Gasteiger partial charge >= 0.3 is 6.03 Å². The minimum absolute atomic E-state index is 0.269. The number of urea groups is 1. The van der Waals surface area contributed by atoms with Crippen molar-refractivity contribution in [3.63, 3.8) is 0 Å². The number of carbonyl (C=O) groups excluding carboxylic acids is 1. The first-order chi connectivity index (χ1) is 12.4. The Morgan fingerprint density at radius 2 is 1.88 bits per heavy atom. The van der Waals surface area contributed by atoms with Gasteiger partial charge in [-0.05, 0) is 18.1 Å². The average Bonchev–Trinajstić information content (AvgIpc) is 2.88. The summed E-state index contributed by atoms with van der Waals surface area (Å²) in [6.45, 7) is 2.22. The van der Waals surface area contributed by atoms with Gasteiger partial charge in [-0.2, -0.15) is 9.40 Å². The van der Waals surface area contributed by atoms with E-state index < -0.39 is 10.0 Å². The quantitative estimate of drug-likeness (QED) is 0.814. The van der Waals surface area contributed by atoms with Crippen LogP contribution in [0.4, 0.5) is 4.79 Å². The van der Waals surface area contributed by atoms with E-state index in [2.05, 4.69) is 15.7 Å². The molecule has 9 heteroatoms. The number of rotatable bonds is 5. The highest BCUT2D eigenvalue weighted by Crippen LogP contribution is 2.16. The molecular formula is C17H23N5O3S. The van der Waals surface area contributed by atoms with E-state index in [1.807, 2.05) is 41.1 Å². The van der Waals surface area contributed by atoms with Crippen LogP contribution in [0.15, 0.2) is 36.4 Å². The van der Waals surface area contributed by atoms with Crippen LogP contribution in [0.25, 0.3) is 0 Å². The Morgan fingerprint density at radius 3 is 2.62 bits per heavy atom. The SMILES string of the molecule is CS(=O)(=O)N1CCCn2nc(CNC(=O)NCc3ccccc3)cc2C1. The normalized spacial score (nSPS) is 15.1. The molecule has 8 nitrogen and oxygen atoms in total. The zero-order valence-electron chi connectivity index (χ0n) is 14.7. The van der Waals surface area contributed by atoms with Gasteiger partial charge in [0.15, 0.2) is 0 Å². The van der Waals surface area contributed by atoms with Crippen LogP contribution in [-0.2, 0) is 36.2 Å². The number of fused-ring (bicyclic) bond motifs is 1. The molecule has 2 amide bonds. The van der Waals surface area contributed by atoms with Crippen LogP contribution in [0.2, 0.25) is 0 Å². The third-order valence-corrected chi connectivity index (χ3v) is 5.47. The lowest BCUT2D eigenvalue weighted by atomic mass is 10.2. The van der Waals surface area contributed by atoms with Crippen LogP contribution >= 0.6 is 0 Å². The van der Waals surface area contributed by atoms with Crippen molar-refractivity contribution in [3.8, 4) is 0 Å². The number of amides is 2. The van der Waals surface area contributed by atoms with Gasteiger partial charge in [0.25, 0.3) is 0 Å². The summed E-state index contributed by atoms with van der Waals surface area (Å²) in [7, 11) is -3.23. The predicted molar refractivity (Wildman–Crippen MR) is 97.6 cm³/mol. The van der Waals surface area contributed by atoms with E-state index in [-0.39, 0.29) is 6.03 Å². The number of aryl methyl sites for hydroxylation is 1. The maximum Gasteiger partial charge on any atom is 0.315 e. The van der Waals surface area contributed by atoms with E-state index in [4.69, 9.17) is 0 Å². The molecule has 0 saturated carbocycles. The van der Waals surface area contributed by atoms with E-state index in [1.54, 1.807) is 0 Å². The summed E-state index contributed by atoms with van der Waals surface area (Å²) in [5, 5.41) is 10.0. The van der Waals surface area contributed by atoms with E-state index in [0.717, 1.165) is 11.3 Å². The van der Waals surface area contributed by atoms with Crippen molar-refractivity contribution in [2.75, 3.05) is 12.8 Å². The van der Waals surface area contributed by atoms with Crippen LogP contribution in [0.1, 0.15) is 23.4 Å². The zero-order chi connectivity index (χ0) is 18.6. The molecule has 1 aliphatic heterocycles. The number of nitrogens with zero attached hydrogens (tertiary/aromatic N) is 3. The largest absolute Gasteiger partial charge is 0.334 e. The van der Waals surface area contributed by atoms with Gasteiger partial charge in [0, 0.05) is 19.6 Å². The monoisotopic (exact) mass is 377 g/mol. The molecule has 1 aromatic carbocycles. The van der Waals surface area contributed by atoms with Crippen molar-refractivity contribution < 1.29 is 13.2 Å². The maximum absolute atomic E-state index is 11.9. The van der Waals surface area contributed by atoms with Crippen molar-refractivity contribution in [1.82, 2.24) is 24.7 Å². The molecule has 2 aromatic rings. The topological polar surface area (TPSA) is 96.3 Å². The van der Waals surface area contributed by atoms with Crippen LogP contribution in [0.3, 0.4) is 0 Å². The fraction of sp³-hybridized carbons (Fsp3) is 0.412. The van der Waals surface area contributed by atoms with Crippen molar-refractivity contribution >= 4 is 16.1 Å². The number of nitrogens with one attached hydrogen (secondary N) is 2. The summed E-state index contributed by atoms with van der Waals surface area (Å²) in [6.07, 6.45) is 1.94. The molecular weight excluding hydrogens is 354 g/mol. The Labute approximate surface area is 153 Å². The van der Waals surface area contributed by atoms with E-state index in [0.29, 0.717) is 44.8 Å². The van der Waals surface area contributed by atoms with Crippen LogP contribution in [-0.4, -0.2) is 41.3 Å². The summed E-state index contributed by atoms with van der Waals surface area (Å²) >= 11 is 0. The van der Waals surface area contributed by atoms with Gasteiger partial charge in [-0.15, -0.1) is 0 Å². The predicted octanol–water partition coefficient (Wildman–Crippen LogP) is 1.05. The number of hydrogen-bond acceptors (Lipinski definition) is 4. The van der Waals surface area contributed by atoms with Gasteiger partial charge in [0.1, 0.15) is 0 Å². The first-order valence-electron chi connectivity index (χ1n) is 8.48. The molecule has 140 valence electrons. The zero-order valence-corrected chi connectivity index (χ0v) is 15.5.